The number of hydrogen-bond donors (Lipinski definition) is 3. The first-order chi connectivity index (χ1) is 9.43. The number of nitrogens with two attached hydrogens (primary N) is 1. The minimum absolute atomic E-state index is 0.168. The van der Waals surface area contributed by atoms with E-state index in [0.29, 0.717) is 17.9 Å². The lowest BCUT2D eigenvalue weighted by Crippen LogP contribution is -2.37. The van der Waals surface area contributed by atoms with Gasteiger partial charge in [0.2, 0.25) is 5.91 Å². The van der Waals surface area contributed by atoms with E-state index in [4.69, 9.17) is 10.5 Å². The molecule has 1 rings (SSSR count). The highest BCUT2D eigenvalue weighted by Gasteiger charge is 2.13. The second-order valence-electron chi connectivity index (χ2n) is 4.89. The van der Waals surface area contributed by atoms with Crippen LogP contribution in [0.1, 0.15) is 5.56 Å². The number of nitrogens with one attached hydrogen (secondary N) is 1. The molecule has 20 heavy (non-hydrogen) atoms. The molecule has 0 aliphatic heterocycles. The first kappa shape index (κ1) is 16.4. The van der Waals surface area contributed by atoms with Crippen molar-refractivity contribution in [3.8, 4) is 0 Å². The van der Waals surface area contributed by atoms with Crippen LogP contribution in [0.2, 0.25) is 0 Å². The monoisotopic (exact) mass is 281 g/mol. The van der Waals surface area contributed by atoms with Gasteiger partial charge in [-0.15, -0.1) is 0 Å². The molecule has 4 N–H and O–H groups in total. The summed E-state index contributed by atoms with van der Waals surface area (Å²) >= 11 is 0. The van der Waals surface area contributed by atoms with Crippen molar-refractivity contribution >= 4 is 17.3 Å². The van der Waals surface area contributed by atoms with Crippen molar-refractivity contribution in [3.05, 3.63) is 23.8 Å². The number of nitrogen functional groups attached to an aromatic ring is 1. The summed E-state index contributed by atoms with van der Waals surface area (Å²) in [5.41, 5.74) is 7.94. The molecule has 1 amide bonds. The van der Waals surface area contributed by atoms with Crippen LogP contribution in [-0.4, -0.2) is 55.9 Å². The molecular weight excluding hydrogens is 258 g/mol. The molecule has 0 aromatic heterocycles. The molecule has 0 radical (unpaired) electrons. The normalized spacial score (nSPS) is 12.4. The van der Waals surface area contributed by atoms with Crippen LogP contribution in [0.5, 0.6) is 0 Å². The molecule has 1 aromatic rings. The molecule has 0 aliphatic rings. The van der Waals surface area contributed by atoms with Gasteiger partial charge in [-0.25, -0.2) is 0 Å². The van der Waals surface area contributed by atoms with E-state index in [0.717, 1.165) is 5.56 Å². The number of carbonyl (C=O) groups excluding carboxylic acids is 1. The third-order valence-electron chi connectivity index (χ3n) is 2.86. The van der Waals surface area contributed by atoms with E-state index in [-0.39, 0.29) is 19.1 Å². The van der Waals surface area contributed by atoms with Gasteiger partial charge in [0.05, 0.1) is 30.6 Å². The van der Waals surface area contributed by atoms with Crippen LogP contribution >= 0.6 is 0 Å². The number of ether oxygens (including phenoxy) is 1. The van der Waals surface area contributed by atoms with Crippen LogP contribution in [0.25, 0.3) is 0 Å². The molecule has 6 nitrogen and oxygen atoms in total. The van der Waals surface area contributed by atoms with E-state index in [1.807, 2.05) is 19.1 Å². The molecular formula is C14H23N3O3. The average molecular weight is 281 g/mol. The molecule has 0 saturated heterocycles. The summed E-state index contributed by atoms with van der Waals surface area (Å²) < 4.78 is 4.84. The van der Waals surface area contributed by atoms with Crippen molar-refractivity contribution in [1.82, 2.24) is 4.90 Å². The van der Waals surface area contributed by atoms with Crippen LogP contribution < -0.4 is 11.1 Å². The van der Waals surface area contributed by atoms with Gasteiger partial charge in [-0.3, -0.25) is 9.69 Å². The summed E-state index contributed by atoms with van der Waals surface area (Å²) in [4.78, 5) is 13.7. The number of aliphatic hydroxyl groups is 1. The Morgan fingerprint density at radius 3 is 2.85 bits per heavy atom. The number of hydrogen-bond acceptors (Lipinski definition) is 5. The van der Waals surface area contributed by atoms with Crippen LogP contribution in [0, 0.1) is 6.92 Å². The van der Waals surface area contributed by atoms with Crippen LogP contribution in [0.4, 0.5) is 11.4 Å². The zero-order chi connectivity index (χ0) is 15.1. The minimum atomic E-state index is -0.610. The fourth-order valence-electron chi connectivity index (χ4n) is 1.95. The summed E-state index contributed by atoms with van der Waals surface area (Å²) in [7, 11) is 3.29. The second kappa shape index (κ2) is 7.84. The highest BCUT2D eigenvalue weighted by Crippen LogP contribution is 2.22. The van der Waals surface area contributed by atoms with E-state index in [9.17, 15) is 9.90 Å². The Morgan fingerprint density at radius 2 is 2.25 bits per heavy atom. The predicted octanol–water partition coefficient (Wildman–Crippen LogP) is 0.455. The number of methoxy groups -OCH3 is 1. The lowest BCUT2D eigenvalue weighted by molar-refractivity contribution is -0.117. The third-order valence-corrected chi connectivity index (χ3v) is 2.86. The van der Waals surface area contributed by atoms with Crippen molar-refractivity contribution in [1.29, 1.82) is 0 Å². The van der Waals surface area contributed by atoms with Gasteiger partial charge in [-0.05, 0) is 25.6 Å². The Morgan fingerprint density at radius 1 is 1.55 bits per heavy atom. The first-order valence-corrected chi connectivity index (χ1v) is 6.44. The third kappa shape index (κ3) is 5.16. The molecule has 0 saturated carbocycles. The summed E-state index contributed by atoms with van der Waals surface area (Å²) in [6.07, 6.45) is -0.610. The molecule has 1 unspecified atom stereocenters. The maximum Gasteiger partial charge on any atom is 0.238 e. The number of benzene rings is 1. The van der Waals surface area contributed by atoms with E-state index in [2.05, 4.69) is 5.32 Å². The van der Waals surface area contributed by atoms with E-state index in [1.165, 1.54) is 7.11 Å². The van der Waals surface area contributed by atoms with Crippen LogP contribution in [0.3, 0.4) is 0 Å². The lowest BCUT2D eigenvalue weighted by Gasteiger charge is -2.20. The Kier molecular flexibility index (Phi) is 6.44. The molecule has 0 spiro atoms. The highest BCUT2D eigenvalue weighted by atomic mass is 16.5. The van der Waals surface area contributed by atoms with Gasteiger partial charge in [0.25, 0.3) is 0 Å². The van der Waals surface area contributed by atoms with Gasteiger partial charge in [0.15, 0.2) is 0 Å². The largest absolute Gasteiger partial charge is 0.397 e. The zero-order valence-corrected chi connectivity index (χ0v) is 12.2. The van der Waals surface area contributed by atoms with Crippen molar-refractivity contribution < 1.29 is 14.6 Å². The topological polar surface area (TPSA) is 87.8 Å². The number of amides is 1. The Hall–Kier alpha value is -1.63. The van der Waals surface area contributed by atoms with Gasteiger partial charge in [-0.1, -0.05) is 12.1 Å². The minimum Gasteiger partial charge on any atom is -0.397 e. The first-order valence-electron chi connectivity index (χ1n) is 6.44. The number of anilines is 2. The Balaban J connectivity index is 2.51. The van der Waals surface area contributed by atoms with Gasteiger partial charge in [0.1, 0.15) is 0 Å². The number of nitrogens with zero attached hydrogens (tertiary/aromatic N) is 1. The van der Waals surface area contributed by atoms with Crippen molar-refractivity contribution in [3.63, 3.8) is 0 Å². The lowest BCUT2D eigenvalue weighted by atomic mass is 10.1. The van der Waals surface area contributed by atoms with Gasteiger partial charge in [-0.2, -0.15) is 0 Å². The van der Waals surface area contributed by atoms with E-state index in [1.54, 1.807) is 18.0 Å². The molecule has 0 bridgehead atoms. The number of aliphatic hydroxyl groups excluding tert-OH is 1. The maximum absolute atomic E-state index is 11.9. The van der Waals surface area contributed by atoms with Gasteiger partial charge in [0, 0.05) is 13.7 Å². The summed E-state index contributed by atoms with van der Waals surface area (Å²) in [6.45, 7) is 2.67. The van der Waals surface area contributed by atoms with E-state index >= 15 is 0 Å². The standard InChI is InChI=1S/C14H23N3O3/c1-10-5-4-6-12(15)14(10)16-13(19)8-17(2)7-11(18)9-20-3/h4-6,11,18H,7-9,15H2,1-3H3,(H,16,19). The highest BCUT2D eigenvalue weighted by molar-refractivity contribution is 5.96. The number of likely N-dealkylation sites (N-methyl/N-ethyl adjacent to an activating group) is 1. The van der Waals surface area contributed by atoms with E-state index < -0.39 is 6.10 Å². The molecule has 6 heteroatoms. The number of carbonyl (C=O) groups is 1. The fourth-order valence-corrected chi connectivity index (χ4v) is 1.95. The van der Waals surface area contributed by atoms with Gasteiger partial charge >= 0.3 is 0 Å². The Bertz CT molecular complexity index is 431. The molecule has 1 aromatic carbocycles. The molecule has 0 aliphatic carbocycles. The predicted molar refractivity (Wildman–Crippen MR) is 79.6 cm³/mol. The molecule has 0 fully saturated rings. The smallest absolute Gasteiger partial charge is 0.238 e. The Labute approximate surface area is 119 Å². The van der Waals surface area contributed by atoms with Crippen LogP contribution in [0.15, 0.2) is 18.2 Å². The second-order valence-corrected chi connectivity index (χ2v) is 4.89. The van der Waals surface area contributed by atoms with Crippen molar-refractivity contribution in [2.75, 3.05) is 44.9 Å². The molecule has 112 valence electrons. The number of para-hydroxylation sites is 1. The average Bonchev–Trinajstić information content (AvgIpc) is 2.34. The quantitative estimate of drug-likeness (QED) is 0.632. The summed E-state index contributed by atoms with van der Waals surface area (Å²) in [5, 5.41) is 12.4. The SMILES string of the molecule is COCC(O)CN(C)CC(=O)Nc1c(C)cccc1N. The maximum atomic E-state index is 11.9. The summed E-state index contributed by atoms with van der Waals surface area (Å²) in [6, 6.07) is 5.47. The summed E-state index contributed by atoms with van der Waals surface area (Å²) in [5.74, 6) is -0.168. The number of aryl methyl sites for hydroxylation is 1. The van der Waals surface area contributed by atoms with Gasteiger partial charge < -0.3 is 20.9 Å². The van der Waals surface area contributed by atoms with Crippen molar-refractivity contribution in [2.45, 2.75) is 13.0 Å². The zero-order valence-electron chi connectivity index (χ0n) is 12.2. The fraction of sp³-hybridized carbons (Fsp3) is 0.500. The number of rotatable bonds is 7. The molecule has 1 atom stereocenters. The molecule has 0 heterocycles. The van der Waals surface area contributed by atoms with Crippen molar-refractivity contribution in [2.24, 2.45) is 0 Å². The van der Waals surface area contributed by atoms with Crippen LogP contribution in [-0.2, 0) is 9.53 Å².